The lowest BCUT2D eigenvalue weighted by atomic mass is 10.0. The number of allylic oxidation sites excluding steroid dienone is 2. The predicted octanol–water partition coefficient (Wildman–Crippen LogP) is 9.03. The van der Waals surface area contributed by atoms with Crippen molar-refractivity contribution in [3.05, 3.63) is 119 Å². The summed E-state index contributed by atoms with van der Waals surface area (Å²) in [6.45, 7) is 6.34. The Morgan fingerprint density at radius 3 is 2.11 bits per heavy atom. The first-order chi connectivity index (χ1) is 18.2. The minimum absolute atomic E-state index is 0.942. The fourth-order valence-electron chi connectivity index (χ4n) is 4.94. The summed E-state index contributed by atoms with van der Waals surface area (Å²) in [6, 6.07) is 34.9. The summed E-state index contributed by atoms with van der Waals surface area (Å²) < 4.78 is 3.74. The zero-order valence-corrected chi connectivity index (χ0v) is 22.7. The second-order valence-electron chi connectivity index (χ2n) is 8.99. The molecule has 5 aromatic rings. The van der Waals surface area contributed by atoms with Crippen LogP contribution in [0.25, 0.3) is 38.5 Å². The molecule has 4 aromatic carbocycles. The number of benzene rings is 4. The number of thioether (sulfide) groups is 1. The van der Waals surface area contributed by atoms with E-state index in [2.05, 4.69) is 139 Å². The molecule has 37 heavy (non-hydrogen) atoms. The molecule has 1 aliphatic rings. The third-order valence-electron chi connectivity index (χ3n) is 6.78. The van der Waals surface area contributed by atoms with Gasteiger partial charge in [-0.3, -0.25) is 0 Å². The number of hydrogen-bond acceptors (Lipinski definition) is 3. The van der Waals surface area contributed by atoms with E-state index in [4.69, 9.17) is 0 Å². The van der Waals surface area contributed by atoms with Crippen molar-refractivity contribution in [2.45, 2.75) is 25.3 Å². The Morgan fingerprint density at radius 1 is 0.757 bits per heavy atom. The summed E-state index contributed by atoms with van der Waals surface area (Å²) in [5, 5.41) is 2.55. The molecule has 4 heteroatoms. The molecule has 0 bridgehead atoms. The van der Waals surface area contributed by atoms with Crippen LogP contribution in [0.3, 0.4) is 0 Å². The summed E-state index contributed by atoms with van der Waals surface area (Å²) in [6.07, 6.45) is 6.73. The van der Waals surface area contributed by atoms with E-state index in [0.29, 0.717) is 0 Å². The Labute approximate surface area is 227 Å². The highest BCUT2D eigenvalue weighted by Gasteiger charge is 2.24. The molecule has 0 N–H and O–H groups in total. The van der Waals surface area contributed by atoms with Crippen LogP contribution in [0.2, 0.25) is 0 Å². The number of aromatic nitrogens is 1. The Morgan fingerprint density at radius 2 is 1.43 bits per heavy atom. The molecule has 1 aromatic heterocycles. The lowest BCUT2D eigenvalue weighted by molar-refractivity contribution is -0.665. The second-order valence-corrected chi connectivity index (χ2v) is 11.1. The van der Waals surface area contributed by atoms with Gasteiger partial charge in [0, 0.05) is 23.6 Å². The predicted molar refractivity (Wildman–Crippen MR) is 161 cm³/mol. The van der Waals surface area contributed by atoms with E-state index in [1.54, 1.807) is 0 Å². The van der Waals surface area contributed by atoms with Gasteiger partial charge in [-0.1, -0.05) is 102 Å². The number of aryl methyl sites for hydroxylation is 1. The topological polar surface area (TPSA) is 7.12 Å². The third kappa shape index (κ3) is 4.63. The number of anilines is 1. The minimum Gasteiger partial charge on any atom is -0.335 e. The second kappa shape index (κ2) is 10.4. The molecule has 0 unspecified atom stereocenters. The van der Waals surface area contributed by atoms with Gasteiger partial charge in [0.15, 0.2) is 0 Å². The highest BCUT2D eigenvalue weighted by molar-refractivity contribution is 8.03. The molecule has 0 saturated heterocycles. The van der Waals surface area contributed by atoms with Crippen molar-refractivity contribution >= 4 is 45.1 Å². The lowest BCUT2D eigenvalue weighted by Crippen LogP contribution is -2.33. The van der Waals surface area contributed by atoms with Gasteiger partial charge in [0.2, 0.25) is 5.52 Å². The van der Waals surface area contributed by atoms with Crippen molar-refractivity contribution in [1.29, 1.82) is 0 Å². The van der Waals surface area contributed by atoms with Gasteiger partial charge < -0.3 is 4.90 Å². The van der Waals surface area contributed by atoms with Gasteiger partial charge in [-0.05, 0) is 60.4 Å². The summed E-state index contributed by atoms with van der Waals surface area (Å²) in [5.74, 6) is 0. The molecule has 0 aliphatic carbocycles. The summed E-state index contributed by atoms with van der Waals surface area (Å²) in [4.78, 5) is 3.74. The van der Waals surface area contributed by atoms with Crippen LogP contribution in [0.5, 0.6) is 0 Å². The smallest absolute Gasteiger partial charge is 0.262 e. The van der Waals surface area contributed by atoms with Crippen molar-refractivity contribution < 1.29 is 4.57 Å². The molecule has 0 fully saturated rings. The van der Waals surface area contributed by atoms with Gasteiger partial charge in [0.1, 0.15) is 11.2 Å². The average Bonchev–Trinajstić information content (AvgIpc) is 3.49. The Hall–Kier alpha value is -3.60. The van der Waals surface area contributed by atoms with Gasteiger partial charge in [0.05, 0.1) is 10.7 Å². The maximum absolute atomic E-state index is 2.42. The molecular formula is C33H29N2S2+. The lowest BCUT2D eigenvalue weighted by Gasteiger charge is -2.18. The van der Waals surface area contributed by atoms with Gasteiger partial charge in [0.25, 0.3) is 5.01 Å². The largest absolute Gasteiger partial charge is 0.335 e. The molecule has 0 atom stereocenters. The van der Waals surface area contributed by atoms with Gasteiger partial charge in [-0.2, -0.15) is 4.57 Å². The number of thiazole rings is 1. The van der Waals surface area contributed by atoms with Crippen LogP contribution in [0.15, 0.2) is 119 Å². The molecule has 0 radical (unpaired) electrons. The van der Waals surface area contributed by atoms with Gasteiger partial charge in [-0.15, -0.1) is 0 Å². The monoisotopic (exact) mass is 517 g/mol. The molecular weight excluding hydrogens is 489 g/mol. The van der Waals surface area contributed by atoms with E-state index in [0.717, 1.165) is 13.1 Å². The van der Waals surface area contributed by atoms with E-state index < -0.39 is 0 Å². The van der Waals surface area contributed by atoms with Crippen LogP contribution in [0.1, 0.15) is 18.9 Å². The fraction of sp³-hybridized carbons (Fsp3) is 0.121. The highest BCUT2D eigenvalue weighted by Crippen LogP contribution is 2.47. The molecule has 0 saturated carbocycles. The standard InChI is InChI=1S/C33H29N2S2/c1-3-34-28-22-26(24-12-7-5-8-13-24)18-20-30(28)36-32(34)16-11-17-33-35(4-2)29-23-27(19-21-31(29)37-33)25-14-9-6-10-15-25/h5-23H,3-4H2,1-2H3/q+1. The van der Waals surface area contributed by atoms with Gasteiger partial charge >= 0.3 is 0 Å². The first-order valence-corrected chi connectivity index (χ1v) is 14.4. The normalized spacial score (nSPS) is 14.2. The molecule has 0 amide bonds. The highest BCUT2D eigenvalue weighted by atomic mass is 32.2. The first kappa shape index (κ1) is 23.8. The summed E-state index contributed by atoms with van der Waals surface area (Å²) >= 11 is 3.71. The Kier molecular flexibility index (Phi) is 6.69. The van der Waals surface area contributed by atoms with Crippen LogP contribution in [-0.2, 0) is 6.54 Å². The van der Waals surface area contributed by atoms with Crippen LogP contribution in [0, 0.1) is 0 Å². The van der Waals surface area contributed by atoms with Crippen molar-refractivity contribution in [2.24, 2.45) is 0 Å². The van der Waals surface area contributed by atoms with Crippen LogP contribution < -0.4 is 9.47 Å². The third-order valence-corrected chi connectivity index (χ3v) is 9.05. The van der Waals surface area contributed by atoms with Gasteiger partial charge in [-0.25, -0.2) is 0 Å². The van der Waals surface area contributed by atoms with Crippen LogP contribution in [0.4, 0.5) is 5.69 Å². The van der Waals surface area contributed by atoms with Crippen molar-refractivity contribution in [3.8, 4) is 22.3 Å². The maximum Gasteiger partial charge on any atom is 0.262 e. The molecule has 182 valence electrons. The van der Waals surface area contributed by atoms with E-state index in [1.165, 1.54) is 53.1 Å². The van der Waals surface area contributed by atoms with E-state index in [9.17, 15) is 0 Å². The molecule has 6 rings (SSSR count). The number of hydrogen-bond donors (Lipinski definition) is 0. The SMILES string of the molecule is CCN1/C(=C\C=C\c2sc3ccc(-c4ccccc4)cc3[n+]2CC)Sc2ccc(-c3ccccc3)cc21. The Balaban J connectivity index is 1.29. The molecule has 0 spiro atoms. The zero-order chi connectivity index (χ0) is 25.2. The number of rotatable bonds is 6. The zero-order valence-electron chi connectivity index (χ0n) is 21.1. The maximum atomic E-state index is 2.42. The van der Waals surface area contributed by atoms with E-state index in [-0.39, 0.29) is 0 Å². The van der Waals surface area contributed by atoms with Crippen LogP contribution >= 0.6 is 23.1 Å². The number of nitrogens with zero attached hydrogens (tertiary/aromatic N) is 2. The van der Waals surface area contributed by atoms with E-state index >= 15 is 0 Å². The van der Waals surface area contributed by atoms with Crippen molar-refractivity contribution in [3.63, 3.8) is 0 Å². The summed E-state index contributed by atoms with van der Waals surface area (Å²) in [5.41, 5.74) is 7.64. The Bertz CT molecular complexity index is 1620. The summed E-state index contributed by atoms with van der Waals surface area (Å²) in [7, 11) is 0. The van der Waals surface area contributed by atoms with Crippen molar-refractivity contribution in [2.75, 3.05) is 11.4 Å². The van der Waals surface area contributed by atoms with Crippen LogP contribution in [-0.4, -0.2) is 6.54 Å². The molecule has 2 heterocycles. The average molecular weight is 518 g/mol. The molecule has 2 nitrogen and oxygen atoms in total. The van der Waals surface area contributed by atoms with Crippen molar-refractivity contribution in [1.82, 2.24) is 0 Å². The first-order valence-electron chi connectivity index (χ1n) is 12.8. The number of fused-ring (bicyclic) bond motifs is 2. The molecule has 1 aliphatic heterocycles. The quantitative estimate of drug-likeness (QED) is 0.207. The van der Waals surface area contributed by atoms with E-state index in [1.807, 2.05) is 23.1 Å². The fourth-order valence-corrected chi connectivity index (χ4v) is 7.17. The minimum atomic E-state index is 0.942.